The van der Waals surface area contributed by atoms with Crippen molar-refractivity contribution in [2.75, 3.05) is 13.2 Å². The van der Waals surface area contributed by atoms with Gasteiger partial charge in [-0.3, -0.25) is 0 Å². The van der Waals surface area contributed by atoms with E-state index < -0.39 is 16.1 Å². The fraction of sp³-hybridized carbons (Fsp3) is 0.714. The highest BCUT2D eigenvalue weighted by Crippen LogP contribution is 2.19. The zero-order valence-corrected chi connectivity index (χ0v) is 14.6. The topological polar surface area (TPSA) is 18.5 Å². The van der Waals surface area contributed by atoms with Crippen LogP contribution < -0.4 is 0 Å². The summed E-state index contributed by atoms with van der Waals surface area (Å²) >= 11 is 0. The molecule has 0 aliphatic rings. The SMILES string of the molecule is CCOC#C[Si](C)(C)CC[Si](C)(C)C#COCC. The standard InChI is InChI=1S/C14H26O2Si2/c1-7-15-9-11-17(3,4)13-14-18(5,6)12-10-16-8-2/h7-8,13-14H2,1-6H3. The third-order valence-electron chi connectivity index (χ3n) is 2.59. The van der Waals surface area contributed by atoms with Gasteiger partial charge < -0.3 is 9.47 Å². The molecule has 0 aromatic carbocycles. The third kappa shape index (κ3) is 9.21. The molecule has 18 heavy (non-hydrogen) atoms. The van der Waals surface area contributed by atoms with Gasteiger partial charge >= 0.3 is 0 Å². The molecule has 0 atom stereocenters. The molecule has 0 aromatic rings. The maximum Gasteiger partial charge on any atom is 0.136 e. The van der Waals surface area contributed by atoms with Gasteiger partial charge in [-0.2, -0.15) is 0 Å². The van der Waals surface area contributed by atoms with E-state index in [0.717, 1.165) is 0 Å². The smallest absolute Gasteiger partial charge is 0.136 e. The highest BCUT2D eigenvalue weighted by molar-refractivity contribution is 6.89. The summed E-state index contributed by atoms with van der Waals surface area (Å²) in [6.07, 6.45) is 5.66. The number of hydrogen-bond acceptors (Lipinski definition) is 2. The van der Waals surface area contributed by atoms with E-state index in [2.05, 4.69) is 49.5 Å². The van der Waals surface area contributed by atoms with Crippen LogP contribution in [-0.4, -0.2) is 29.4 Å². The first kappa shape index (κ1) is 17.2. The fourth-order valence-electron chi connectivity index (χ4n) is 1.24. The Hall–Kier alpha value is -0.846. The van der Waals surface area contributed by atoms with E-state index in [-0.39, 0.29) is 0 Å². The highest BCUT2D eigenvalue weighted by atomic mass is 28.3. The predicted molar refractivity (Wildman–Crippen MR) is 83.4 cm³/mol. The molecular formula is C14H26O2Si2. The van der Waals surface area contributed by atoms with Crippen LogP contribution in [0, 0.1) is 23.3 Å². The Balaban J connectivity index is 4.31. The lowest BCUT2D eigenvalue weighted by Gasteiger charge is -2.20. The molecule has 0 N–H and O–H groups in total. The van der Waals surface area contributed by atoms with Crippen LogP contribution in [0.25, 0.3) is 0 Å². The lowest BCUT2D eigenvalue weighted by atomic mass is 10.9. The summed E-state index contributed by atoms with van der Waals surface area (Å²) < 4.78 is 10.2. The van der Waals surface area contributed by atoms with Crippen LogP contribution in [0.4, 0.5) is 0 Å². The summed E-state index contributed by atoms with van der Waals surface area (Å²) in [5, 5.41) is 0. The molecule has 0 radical (unpaired) electrons. The van der Waals surface area contributed by atoms with Gasteiger partial charge in [-0.25, -0.2) is 0 Å². The quantitative estimate of drug-likeness (QED) is 0.568. The number of hydrogen-bond donors (Lipinski definition) is 0. The van der Waals surface area contributed by atoms with Gasteiger partial charge in [0.1, 0.15) is 28.4 Å². The van der Waals surface area contributed by atoms with Crippen LogP contribution in [0.2, 0.25) is 38.3 Å². The summed E-state index contributed by atoms with van der Waals surface area (Å²) in [5.74, 6) is 0. The van der Waals surface area contributed by atoms with Crippen molar-refractivity contribution in [1.29, 1.82) is 0 Å². The van der Waals surface area contributed by atoms with Crippen LogP contribution in [0.1, 0.15) is 13.8 Å². The maximum atomic E-state index is 5.12. The van der Waals surface area contributed by atoms with E-state index in [1.165, 1.54) is 12.1 Å². The zero-order valence-electron chi connectivity index (χ0n) is 12.6. The van der Waals surface area contributed by atoms with Crippen molar-refractivity contribution in [3.05, 3.63) is 0 Å². The fourth-order valence-corrected chi connectivity index (χ4v) is 7.19. The highest BCUT2D eigenvalue weighted by Gasteiger charge is 2.25. The number of rotatable bonds is 5. The minimum absolute atomic E-state index is 0.664. The minimum Gasteiger partial charge on any atom is -0.447 e. The second-order valence-corrected chi connectivity index (χ2v) is 14.6. The van der Waals surface area contributed by atoms with Crippen molar-refractivity contribution < 1.29 is 9.47 Å². The van der Waals surface area contributed by atoms with Gasteiger partial charge in [0, 0.05) is 0 Å². The largest absolute Gasteiger partial charge is 0.447 e. The molecule has 102 valence electrons. The van der Waals surface area contributed by atoms with Gasteiger partial charge in [0.25, 0.3) is 0 Å². The molecule has 0 unspecified atom stereocenters. The minimum atomic E-state index is -1.46. The van der Waals surface area contributed by atoms with Crippen molar-refractivity contribution in [2.45, 2.75) is 52.1 Å². The van der Waals surface area contributed by atoms with E-state index in [0.29, 0.717) is 13.2 Å². The van der Waals surface area contributed by atoms with Crippen LogP contribution in [-0.2, 0) is 9.47 Å². The summed E-state index contributed by atoms with van der Waals surface area (Å²) in [6, 6.07) is 2.38. The molecule has 0 aliphatic heterocycles. The zero-order chi connectivity index (χ0) is 14.1. The normalized spacial score (nSPS) is 10.8. The van der Waals surface area contributed by atoms with Crippen molar-refractivity contribution >= 4 is 16.1 Å². The monoisotopic (exact) mass is 282 g/mol. The van der Waals surface area contributed by atoms with Gasteiger partial charge in [-0.05, 0) is 25.9 Å². The Morgan fingerprint density at radius 1 is 0.722 bits per heavy atom. The molecule has 0 aromatic heterocycles. The van der Waals surface area contributed by atoms with E-state index in [9.17, 15) is 0 Å². The first-order chi connectivity index (χ1) is 8.33. The van der Waals surface area contributed by atoms with Crippen molar-refractivity contribution in [3.8, 4) is 23.3 Å². The van der Waals surface area contributed by atoms with Crippen molar-refractivity contribution in [3.63, 3.8) is 0 Å². The maximum absolute atomic E-state index is 5.12. The molecule has 0 aliphatic carbocycles. The Morgan fingerprint density at radius 3 is 1.33 bits per heavy atom. The summed E-state index contributed by atoms with van der Waals surface area (Å²) in [4.78, 5) is 0. The first-order valence-corrected chi connectivity index (χ1v) is 13.0. The molecule has 2 nitrogen and oxygen atoms in total. The van der Waals surface area contributed by atoms with Gasteiger partial charge in [-0.15, -0.1) is 0 Å². The Morgan fingerprint density at radius 2 is 1.06 bits per heavy atom. The van der Waals surface area contributed by atoms with Crippen LogP contribution >= 0.6 is 0 Å². The Bertz CT molecular complexity index is 317. The average Bonchev–Trinajstić information content (AvgIpc) is 2.27. The van der Waals surface area contributed by atoms with Crippen LogP contribution in [0.15, 0.2) is 0 Å². The lowest BCUT2D eigenvalue weighted by molar-refractivity contribution is 0.299. The predicted octanol–water partition coefficient (Wildman–Crippen LogP) is 3.48. The van der Waals surface area contributed by atoms with E-state index in [1.807, 2.05) is 13.8 Å². The number of ether oxygens (including phenoxy) is 2. The molecule has 0 amide bonds. The average molecular weight is 283 g/mol. The van der Waals surface area contributed by atoms with Crippen molar-refractivity contribution in [1.82, 2.24) is 0 Å². The molecule has 0 fully saturated rings. The van der Waals surface area contributed by atoms with Crippen LogP contribution in [0.5, 0.6) is 0 Å². The summed E-state index contributed by atoms with van der Waals surface area (Å²) in [5.41, 5.74) is 6.62. The Kier molecular flexibility index (Phi) is 7.90. The summed E-state index contributed by atoms with van der Waals surface area (Å²) in [6.45, 7) is 14.4. The second-order valence-electron chi connectivity index (χ2n) is 5.59. The van der Waals surface area contributed by atoms with Gasteiger partial charge in [0.05, 0.1) is 13.2 Å². The van der Waals surface area contributed by atoms with Crippen molar-refractivity contribution in [2.24, 2.45) is 0 Å². The van der Waals surface area contributed by atoms with Gasteiger partial charge in [0.15, 0.2) is 0 Å². The molecule has 0 heterocycles. The summed E-state index contributed by atoms with van der Waals surface area (Å²) in [7, 11) is -2.92. The van der Waals surface area contributed by atoms with Crippen LogP contribution in [0.3, 0.4) is 0 Å². The second kappa shape index (κ2) is 8.29. The molecule has 4 heteroatoms. The lowest BCUT2D eigenvalue weighted by Crippen LogP contribution is -2.30. The molecular weight excluding hydrogens is 256 g/mol. The Labute approximate surface area is 114 Å². The van der Waals surface area contributed by atoms with Gasteiger partial charge in [-0.1, -0.05) is 37.3 Å². The molecule has 0 saturated heterocycles. The molecule has 0 bridgehead atoms. The molecule has 0 spiro atoms. The molecule has 0 rings (SSSR count). The van der Waals surface area contributed by atoms with E-state index in [1.54, 1.807) is 0 Å². The van der Waals surface area contributed by atoms with E-state index in [4.69, 9.17) is 9.47 Å². The first-order valence-electron chi connectivity index (χ1n) is 6.61. The third-order valence-corrected chi connectivity index (χ3v) is 7.64. The molecule has 0 saturated carbocycles. The van der Waals surface area contributed by atoms with Gasteiger partial charge in [0.2, 0.25) is 0 Å². The van der Waals surface area contributed by atoms with E-state index >= 15 is 0 Å².